The molecule has 0 aromatic heterocycles. The maximum Gasteiger partial charge on any atom is 0.436 e. The van der Waals surface area contributed by atoms with Crippen LogP contribution in [0.25, 0.3) is 0 Å². The number of phenolic OH excluding ortho intramolecular Hbond substituents is 1. The Morgan fingerprint density at radius 2 is 1.46 bits per heavy atom. The largest absolute Gasteiger partial charge is 0.508 e. The second-order valence-corrected chi connectivity index (χ2v) is 7.11. The van der Waals surface area contributed by atoms with Gasteiger partial charge in [0, 0.05) is 5.56 Å². The predicted octanol–water partition coefficient (Wildman–Crippen LogP) is 3.60. The molecule has 2 amide bonds. The molecule has 0 radical (unpaired) electrons. The number of benzene rings is 1. The van der Waals surface area contributed by atoms with E-state index < -0.39 is 23.4 Å². The molecule has 0 heterocycles. The lowest BCUT2D eigenvalue weighted by atomic mass is 10.2. The van der Waals surface area contributed by atoms with Gasteiger partial charge in [-0.3, -0.25) is 5.32 Å². The monoisotopic (exact) mass is 336 g/mol. The standard InChI is InChI=1S/C17H24N2O5/c1-16(2,3)23-14(21)18-13(11-7-9-12(20)10-8-11)19-15(22)24-17(4,5)6/h7-10,20H,1-6H3,(H,18,19,21,22). The number of aromatic hydroxyl groups is 1. The topological polar surface area (TPSA) is 97.2 Å². The lowest BCUT2D eigenvalue weighted by Gasteiger charge is -2.20. The number of nitrogens with zero attached hydrogens (tertiary/aromatic N) is 1. The van der Waals surface area contributed by atoms with Crippen LogP contribution in [0.4, 0.5) is 9.59 Å². The number of carbonyl (C=O) groups is 2. The van der Waals surface area contributed by atoms with E-state index in [0.29, 0.717) is 5.56 Å². The number of alkyl carbamates (subject to hydrolysis) is 1. The molecule has 0 saturated heterocycles. The molecule has 1 rings (SSSR count). The van der Waals surface area contributed by atoms with E-state index in [2.05, 4.69) is 10.3 Å². The van der Waals surface area contributed by atoms with Crippen molar-refractivity contribution in [2.75, 3.05) is 0 Å². The highest BCUT2D eigenvalue weighted by Gasteiger charge is 2.21. The van der Waals surface area contributed by atoms with Crippen molar-refractivity contribution in [3.8, 4) is 5.75 Å². The van der Waals surface area contributed by atoms with Crippen molar-refractivity contribution in [2.45, 2.75) is 52.7 Å². The molecule has 0 spiro atoms. The molecule has 0 aliphatic carbocycles. The fourth-order valence-electron chi connectivity index (χ4n) is 1.56. The molecule has 1 aromatic carbocycles. The van der Waals surface area contributed by atoms with Crippen LogP contribution in [0.2, 0.25) is 0 Å². The summed E-state index contributed by atoms with van der Waals surface area (Å²) in [4.78, 5) is 27.7. The maximum absolute atomic E-state index is 12.0. The van der Waals surface area contributed by atoms with Gasteiger partial charge in [0.15, 0.2) is 0 Å². The fourth-order valence-corrected chi connectivity index (χ4v) is 1.56. The molecular weight excluding hydrogens is 312 g/mol. The number of nitrogens with one attached hydrogen (secondary N) is 1. The minimum Gasteiger partial charge on any atom is -0.508 e. The Morgan fingerprint density at radius 3 is 1.92 bits per heavy atom. The third kappa shape index (κ3) is 7.62. The summed E-state index contributed by atoms with van der Waals surface area (Å²) in [6, 6.07) is 5.85. The van der Waals surface area contributed by atoms with Crippen LogP contribution in [0, 0.1) is 0 Å². The first-order valence-electron chi connectivity index (χ1n) is 7.47. The van der Waals surface area contributed by atoms with Gasteiger partial charge in [-0.25, -0.2) is 9.59 Å². The number of rotatable bonds is 1. The maximum atomic E-state index is 12.0. The summed E-state index contributed by atoms with van der Waals surface area (Å²) in [6.07, 6.45) is -1.60. The molecule has 7 heteroatoms. The molecule has 0 saturated carbocycles. The van der Waals surface area contributed by atoms with Crippen molar-refractivity contribution in [1.82, 2.24) is 5.32 Å². The van der Waals surface area contributed by atoms with E-state index in [9.17, 15) is 14.7 Å². The quantitative estimate of drug-likeness (QED) is 0.603. The summed E-state index contributed by atoms with van der Waals surface area (Å²) in [5.74, 6) is 0.0196. The van der Waals surface area contributed by atoms with Crippen molar-refractivity contribution in [2.24, 2.45) is 4.99 Å². The van der Waals surface area contributed by atoms with Crippen molar-refractivity contribution < 1.29 is 24.2 Å². The van der Waals surface area contributed by atoms with Crippen LogP contribution >= 0.6 is 0 Å². The Labute approximate surface area is 141 Å². The minimum absolute atomic E-state index is 0.0292. The van der Waals surface area contributed by atoms with Gasteiger partial charge >= 0.3 is 12.2 Å². The molecule has 0 bridgehead atoms. The van der Waals surface area contributed by atoms with E-state index in [1.54, 1.807) is 41.5 Å². The van der Waals surface area contributed by atoms with Gasteiger partial charge in [-0.2, -0.15) is 4.99 Å². The Kier molecular flexibility index (Phi) is 5.95. The lowest BCUT2D eigenvalue weighted by Crippen LogP contribution is -2.37. The van der Waals surface area contributed by atoms with Crippen LogP contribution in [-0.4, -0.2) is 34.3 Å². The van der Waals surface area contributed by atoms with Gasteiger partial charge in [0.25, 0.3) is 0 Å². The molecular formula is C17H24N2O5. The summed E-state index contributed by atoms with van der Waals surface area (Å²) in [6.45, 7) is 10.3. The second kappa shape index (κ2) is 7.33. The average Bonchev–Trinajstić information content (AvgIpc) is 2.34. The molecule has 132 valence electrons. The third-order valence-electron chi connectivity index (χ3n) is 2.36. The van der Waals surface area contributed by atoms with Crippen LogP contribution in [0.1, 0.15) is 47.1 Å². The lowest BCUT2D eigenvalue weighted by molar-refractivity contribution is 0.0563. The average molecular weight is 336 g/mol. The number of hydrogen-bond acceptors (Lipinski definition) is 5. The second-order valence-electron chi connectivity index (χ2n) is 7.11. The number of amides is 2. The Bertz CT molecular complexity index is 622. The van der Waals surface area contributed by atoms with Gasteiger partial charge in [-0.1, -0.05) is 0 Å². The first-order valence-corrected chi connectivity index (χ1v) is 7.47. The highest BCUT2D eigenvalue weighted by Crippen LogP contribution is 2.13. The van der Waals surface area contributed by atoms with Crippen molar-refractivity contribution in [1.29, 1.82) is 0 Å². The zero-order chi connectivity index (χ0) is 18.5. The fraction of sp³-hybridized carbons (Fsp3) is 0.471. The van der Waals surface area contributed by atoms with Crippen molar-refractivity contribution >= 4 is 18.0 Å². The van der Waals surface area contributed by atoms with Crippen molar-refractivity contribution in [3.05, 3.63) is 29.8 Å². The van der Waals surface area contributed by atoms with Crippen molar-refractivity contribution in [3.63, 3.8) is 0 Å². The predicted molar refractivity (Wildman–Crippen MR) is 90.2 cm³/mol. The smallest absolute Gasteiger partial charge is 0.436 e. The highest BCUT2D eigenvalue weighted by molar-refractivity contribution is 6.10. The molecule has 0 aliphatic rings. The van der Waals surface area contributed by atoms with Gasteiger partial charge < -0.3 is 14.6 Å². The highest BCUT2D eigenvalue weighted by atomic mass is 16.6. The molecule has 7 nitrogen and oxygen atoms in total. The zero-order valence-electron chi connectivity index (χ0n) is 14.8. The van der Waals surface area contributed by atoms with E-state index in [-0.39, 0.29) is 11.6 Å². The number of phenols is 1. The summed E-state index contributed by atoms with van der Waals surface area (Å²) in [7, 11) is 0. The van der Waals surface area contributed by atoms with Crippen LogP contribution in [0.3, 0.4) is 0 Å². The summed E-state index contributed by atoms with van der Waals surface area (Å²) in [5, 5.41) is 11.8. The number of hydrogen-bond donors (Lipinski definition) is 2. The zero-order valence-corrected chi connectivity index (χ0v) is 14.8. The Morgan fingerprint density at radius 1 is 0.958 bits per heavy atom. The van der Waals surface area contributed by atoms with Gasteiger partial charge in [0.1, 0.15) is 22.8 Å². The Balaban J connectivity index is 3.05. The summed E-state index contributed by atoms with van der Waals surface area (Å²) < 4.78 is 10.3. The van der Waals surface area contributed by atoms with Gasteiger partial charge in [-0.05, 0) is 65.8 Å². The van der Waals surface area contributed by atoms with Crippen LogP contribution in [-0.2, 0) is 9.47 Å². The molecule has 24 heavy (non-hydrogen) atoms. The number of amidine groups is 1. The summed E-state index contributed by atoms with van der Waals surface area (Å²) in [5.41, 5.74) is -0.993. The number of aliphatic imine (C=N–C) groups is 1. The van der Waals surface area contributed by atoms with E-state index in [0.717, 1.165) is 0 Å². The molecule has 0 unspecified atom stereocenters. The first-order chi connectivity index (χ1) is 10.9. The normalized spacial score (nSPS) is 12.5. The third-order valence-corrected chi connectivity index (χ3v) is 2.36. The van der Waals surface area contributed by atoms with E-state index >= 15 is 0 Å². The van der Waals surface area contributed by atoms with E-state index in [1.807, 2.05) is 0 Å². The van der Waals surface area contributed by atoms with Crippen LogP contribution in [0.5, 0.6) is 5.75 Å². The Hall–Kier alpha value is -2.57. The number of ether oxygens (including phenoxy) is 2. The van der Waals surface area contributed by atoms with Crippen LogP contribution < -0.4 is 5.32 Å². The van der Waals surface area contributed by atoms with E-state index in [4.69, 9.17) is 9.47 Å². The SMILES string of the molecule is CC(C)(C)OC(=O)/N=C(\NC(=O)OC(C)(C)C)c1ccc(O)cc1. The molecule has 0 atom stereocenters. The molecule has 0 aliphatic heterocycles. The van der Waals surface area contributed by atoms with Gasteiger partial charge in [-0.15, -0.1) is 0 Å². The first kappa shape index (κ1) is 19.5. The number of carbonyl (C=O) groups excluding carboxylic acids is 2. The van der Waals surface area contributed by atoms with Gasteiger partial charge in [0.05, 0.1) is 0 Å². The minimum atomic E-state index is -0.846. The molecule has 0 fully saturated rings. The molecule has 1 aromatic rings. The van der Waals surface area contributed by atoms with Gasteiger partial charge in [0.2, 0.25) is 0 Å². The molecule has 2 N–H and O–H groups in total. The van der Waals surface area contributed by atoms with Crippen LogP contribution in [0.15, 0.2) is 29.3 Å². The summed E-state index contributed by atoms with van der Waals surface area (Å²) >= 11 is 0. The van der Waals surface area contributed by atoms with E-state index in [1.165, 1.54) is 24.3 Å².